The van der Waals surface area contributed by atoms with Gasteiger partial charge in [0.1, 0.15) is 11.5 Å². The quantitative estimate of drug-likeness (QED) is 0.712. The van der Waals surface area contributed by atoms with E-state index in [1.54, 1.807) is 14.2 Å². The third-order valence-corrected chi connectivity index (χ3v) is 3.97. The van der Waals surface area contributed by atoms with Gasteiger partial charge in [0.25, 0.3) is 0 Å². The molecular formula is C20H20N2O2. The van der Waals surface area contributed by atoms with Gasteiger partial charge < -0.3 is 9.47 Å². The Bertz CT molecular complexity index is 802. The third kappa shape index (κ3) is 2.83. The summed E-state index contributed by atoms with van der Waals surface area (Å²) in [5.74, 6) is 1.58. The maximum atomic E-state index is 5.46. The van der Waals surface area contributed by atoms with Gasteiger partial charge in [-0.05, 0) is 38.1 Å². The highest BCUT2D eigenvalue weighted by atomic mass is 16.5. The van der Waals surface area contributed by atoms with Crippen molar-refractivity contribution in [1.29, 1.82) is 0 Å². The van der Waals surface area contributed by atoms with E-state index in [2.05, 4.69) is 0 Å². The summed E-state index contributed by atoms with van der Waals surface area (Å²) in [6.45, 7) is 3.93. The number of benzene rings is 2. The zero-order chi connectivity index (χ0) is 17.1. The van der Waals surface area contributed by atoms with Gasteiger partial charge in [0.05, 0.1) is 37.0 Å². The van der Waals surface area contributed by atoms with E-state index in [4.69, 9.17) is 19.4 Å². The molecule has 0 aliphatic rings. The highest BCUT2D eigenvalue weighted by Gasteiger charge is 2.16. The molecule has 0 aliphatic carbocycles. The molecule has 1 heterocycles. The van der Waals surface area contributed by atoms with Gasteiger partial charge in [0.2, 0.25) is 0 Å². The SMILES string of the molecule is COc1ccccc1-c1nc(C)c(-c2ccccc2OC)nc1C. The lowest BCUT2D eigenvalue weighted by atomic mass is 10.1. The van der Waals surface area contributed by atoms with Crippen LogP contribution >= 0.6 is 0 Å². The van der Waals surface area contributed by atoms with Gasteiger partial charge >= 0.3 is 0 Å². The van der Waals surface area contributed by atoms with Crippen LogP contribution in [0.3, 0.4) is 0 Å². The van der Waals surface area contributed by atoms with E-state index in [9.17, 15) is 0 Å². The molecule has 0 spiro atoms. The average molecular weight is 320 g/mol. The van der Waals surface area contributed by atoms with Gasteiger partial charge in [-0.3, -0.25) is 0 Å². The molecule has 0 amide bonds. The van der Waals surface area contributed by atoms with Crippen LogP contribution in [0.4, 0.5) is 0 Å². The molecule has 0 unspecified atom stereocenters. The highest BCUT2D eigenvalue weighted by molar-refractivity contribution is 5.74. The van der Waals surface area contributed by atoms with Crippen LogP contribution in [-0.4, -0.2) is 24.2 Å². The van der Waals surface area contributed by atoms with Gasteiger partial charge in [-0.1, -0.05) is 24.3 Å². The molecule has 0 aliphatic heterocycles. The number of aromatic nitrogens is 2. The summed E-state index contributed by atoms with van der Waals surface area (Å²) in [6.07, 6.45) is 0. The van der Waals surface area contributed by atoms with Crippen LogP contribution in [0.25, 0.3) is 22.5 Å². The minimum Gasteiger partial charge on any atom is -0.496 e. The largest absolute Gasteiger partial charge is 0.496 e. The Kier molecular flexibility index (Phi) is 4.47. The molecule has 3 aromatic rings. The topological polar surface area (TPSA) is 44.2 Å². The lowest BCUT2D eigenvalue weighted by Gasteiger charge is -2.14. The number of para-hydroxylation sites is 2. The molecule has 0 atom stereocenters. The first-order chi connectivity index (χ1) is 11.7. The minimum absolute atomic E-state index is 0.791. The summed E-state index contributed by atoms with van der Waals surface area (Å²) in [5, 5.41) is 0. The Morgan fingerprint density at radius 2 is 1.00 bits per heavy atom. The molecule has 0 saturated heterocycles. The number of methoxy groups -OCH3 is 2. The second-order valence-electron chi connectivity index (χ2n) is 5.49. The average Bonchev–Trinajstić information content (AvgIpc) is 2.63. The first kappa shape index (κ1) is 16.0. The molecule has 0 fully saturated rings. The van der Waals surface area contributed by atoms with Crippen LogP contribution in [0.2, 0.25) is 0 Å². The minimum atomic E-state index is 0.791. The summed E-state index contributed by atoms with van der Waals surface area (Å²) < 4.78 is 10.9. The summed E-state index contributed by atoms with van der Waals surface area (Å²) >= 11 is 0. The predicted molar refractivity (Wildman–Crippen MR) is 95.5 cm³/mol. The first-order valence-electron chi connectivity index (χ1n) is 7.77. The zero-order valence-electron chi connectivity index (χ0n) is 14.3. The predicted octanol–water partition coefficient (Wildman–Crippen LogP) is 4.44. The van der Waals surface area contributed by atoms with Crippen LogP contribution in [-0.2, 0) is 0 Å². The van der Waals surface area contributed by atoms with E-state index >= 15 is 0 Å². The molecule has 24 heavy (non-hydrogen) atoms. The van der Waals surface area contributed by atoms with Crippen LogP contribution in [0, 0.1) is 13.8 Å². The zero-order valence-corrected chi connectivity index (χ0v) is 14.3. The number of nitrogens with zero attached hydrogens (tertiary/aromatic N) is 2. The molecule has 4 nitrogen and oxygen atoms in total. The van der Waals surface area contributed by atoms with Crippen molar-refractivity contribution in [1.82, 2.24) is 9.97 Å². The Morgan fingerprint density at radius 3 is 1.38 bits per heavy atom. The van der Waals surface area contributed by atoms with Crippen molar-refractivity contribution in [3.8, 4) is 34.0 Å². The molecule has 3 rings (SSSR count). The monoisotopic (exact) mass is 320 g/mol. The number of ether oxygens (including phenoxy) is 2. The molecule has 1 aromatic heterocycles. The van der Waals surface area contributed by atoms with Crippen molar-refractivity contribution < 1.29 is 9.47 Å². The fraction of sp³-hybridized carbons (Fsp3) is 0.200. The normalized spacial score (nSPS) is 10.5. The third-order valence-electron chi connectivity index (χ3n) is 3.97. The molecule has 0 saturated carbocycles. The van der Waals surface area contributed by atoms with Crippen molar-refractivity contribution in [3.63, 3.8) is 0 Å². The maximum absolute atomic E-state index is 5.46. The summed E-state index contributed by atoms with van der Waals surface area (Å²) in [4.78, 5) is 9.61. The lowest BCUT2D eigenvalue weighted by molar-refractivity contribution is 0.416. The van der Waals surface area contributed by atoms with Gasteiger partial charge in [-0.25, -0.2) is 9.97 Å². The van der Waals surface area contributed by atoms with E-state index in [1.807, 2.05) is 62.4 Å². The van der Waals surface area contributed by atoms with Gasteiger partial charge in [-0.15, -0.1) is 0 Å². The van der Waals surface area contributed by atoms with Crippen LogP contribution in [0.5, 0.6) is 11.5 Å². The highest BCUT2D eigenvalue weighted by Crippen LogP contribution is 2.34. The molecule has 0 bridgehead atoms. The van der Waals surface area contributed by atoms with Crippen molar-refractivity contribution in [2.24, 2.45) is 0 Å². The van der Waals surface area contributed by atoms with Crippen molar-refractivity contribution in [2.75, 3.05) is 14.2 Å². The lowest BCUT2D eigenvalue weighted by Crippen LogP contribution is -2.01. The molecule has 122 valence electrons. The Morgan fingerprint density at radius 1 is 0.625 bits per heavy atom. The maximum Gasteiger partial charge on any atom is 0.128 e. The Balaban J connectivity index is 2.16. The van der Waals surface area contributed by atoms with Crippen molar-refractivity contribution in [2.45, 2.75) is 13.8 Å². The van der Waals surface area contributed by atoms with E-state index < -0.39 is 0 Å². The standard InChI is InChI=1S/C20H20N2O2/c1-13-19(15-9-5-7-11-17(15)23-3)22-14(2)20(21-13)16-10-6-8-12-18(16)24-4/h5-12H,1-4H3. The van der Waals surface area contributed by atoms with Crippen LogP contribution < -0.4 is 9.47 Å². The van der Waals surface area contributed by atoms with Gasteiger partial charge in [0.15, 0.2) is 0 Å². The van der Waals surface area contributed by atoms with E-state index in [0.29, 0.717) is 0 Å². The number of rotatable bonds is 4. The second-order valence-corrected chi connectivity index (χ2v) is 5.49. The Labute approximate surface area is 142 Å². The summed E-state index contributed by atoms with van der Waals surface area (Å²) in [6, 6.07) is 15.7. The van der Waals surface area contributed by atoms with Crippen molar-refractivity contribution >= 4 is 0 Å². The summed E-state index contributed by atoms with van der Waals surface area (Å²) in [7, 11) is 3.33. The molecule has 0 radical (unpaired) electrons. The number of hydrogen-bond donors (Lipinski definition) is 0. The van der Waals surface area contributed by atoms with Crippen molar-refractivity contribution in [3.05, 3.63) is 59.9 Å². The molecular weight excluding hydrogens is 300 g/mol. The second kappa shape index (κ2) is 6.71. The Hall–Kier alpha value is -2.88. The van der Waals surface area contributed by atoms with Gasteiger partial charge in [0, 0.05) is 11.1 Å². The smallest absolute Gasteiger partial charge is 0.128 e. The number of hydrogen-bond acceptors (Lipinski definition) is 4. The molecule has 4 heteroatoms. The van der Waals surface area contributed by atoms with E-state index in [1.165, 1.54) is 0 Å². The number of aryl methyl sites for hydroxylation is 2. The summed E-state index contributed by atoms with van der Waals surface area (Å²) in [5.41, 5.74) is 5.27. The van der Waals surface area contributed by atoms with E-state index in [-0.39, 0.29) is 0 Å². The van der Waals surface area contributed by atoms with Gasteiger partial charge in [-0.2, -0.15) is 0 Å². The van der Waals surface area contributed by atoms with Crippen LogP contribution in [0.15, 0.2) is 48.5 Å². The fourth-order valence-electron chi connectivity index (χ4n) is 2.79. The fourth-order valence-corrected chi connectivity index (χ4v) is 2.79. The van der Waals surface area contributed by atoms with Crippen LogP contribution in [0.1, 0.15) is 11.4 Å². The van der Waals surface area contributed by atoms with E-state index in [0.717, 1.165) is 45.4 Å². The molecule has 0 N–H and O–H groups in total. The first-order valence-corrected chi connectivity index (χ1v) is 7.77. The molecule has 2 aromatic carbocycles.